The molecule has 222 valence electrons. The molecule has 1 aromatic heterocycles. The van der Waals surface area contributed by atoms with Crippen LogP contribution in [-0.4, -0.2) is 30.9 Å². The Morgan fingerprint density at radius 1 is 1.02 bits per heavy atom. The third-order valence-electron chi connectivity index (χ3n) is 6.83. The maximum Gasteiger partial charge on any atom is 0.338 e. The summed E-state index contributed by atoms with van der Waals surface area (Å²) in [5.41, 5.74) is 2.65. The molecule has 3 aromatic carbocycles. The highest BCUT2D eigenvalue weighted by Crippen LogP contribution is 2.40. The van der Waals surface area contributed by atoms with Gasteiger partial charge >= 0.3 is 5.97 Å². The van der Waals surface area contributed by atoms with E-state index >= 15 is 0 Å². The third-order valence-corrected chi connectivity index (χ3v) is 7.81. The minimum Gasteiger partial charge on any atom is -0.493 e. The number of carbonyl (C=O) groups excluding carboxylic acids is 1. The van der Waals surface area contributed by atoms with Crippen molar-refractivity contribution in [1.82, 2.24) is 4.57 Å². The first-order valence-electron chi connectivity index (χ1n) is 13.8. The smallest absolute Gasteiger partial charge is 0.338 e. The number of ether oxygens (including phenoxy) is 4. The quantitative estimate of drug-likeness (QED) is 0.240. The van der Waals surface area contributed by atoms with Gasteiger partial charge in [0.25, 0.3) is 5.56 Å². The highest BCUT2D eigenvalue weighted by molar-refractivity contribution is 7.07. The van der Waals surface area contributed by atoms with Gasteiger partial charge in [0.1, 0.15) is 24.2 Å². The van der Waals surface area contributed by atoms with Gasteiger partial charge in [-0.05, 0) is 68.3 Å². The van der Waals surface area contributed by atoms with Crippen LogP contribution < -0.4 is 29.1 Å². The van der Waals surface area contributed by atoms with Gasteiger partial charge in [-0.15, -0.1) is 0 Å². The first-order valence-corrected chi connectivity index (χ1v) is 14.6. The summed E-state index contributed by atoms with van der Waals surface area (Å²) >= 11 is 1.24. The molecular formula is C33H31FN2O6S. The molecule has 10 heteroatoms. The maximum absolute atomic E-state index is 14.0. The Morgan fingerprint density at radius 2 is 1.77 bits per heavy atom. The van der Waals surface area contributed by atoms with Gasteiger partial charge in [0.2, 0.25) is 0 Å². The molecule has 43 heavy (non-hydrogen) atoms. The highest BCUT2D eigenvalue weighted by atomic mass is 32.1. The van der Waals surface area contributed by atoms with E-state index in [1.807, 2.05) is 37.3 Å². The molecule has 0 unspecified atom stereocenters. The highest BCUT2D eigenvalue weighted by Gasteiger charge is 2.36. The molecule has 4 aromatic rings. The fourth-order valence-electron chi connectivity index (χ4n) is 4.85. The van der Waals surface area contributed by atoms with E-state index in [4.69, 9.17) is 18.9 Å². The first-order chi connectivity index (χ1) is 20.8. The van der Waals surface area contributed by atoms with Gasteiger partial charge in [-0.3, -0.25) is 9.36 Å². The lowest BCUT2D eigenvalue weighted by atomic mass is 9.94. The zero-order valence-electron chi connectivity index (χ0n) is 24.3. The van der Waals surface area contributed by atoms with Crippen molar-refractivity contribution < 1.29 is 28.1 Å². The number of fused-ring (bicyclic) bond motifs is 1. The maximum atomic E-state index is 14.0. The minimum absolute atomic E-state index is 0.173. The number of halogens is 1. The summed E-state index contributed by atoms with van der Waals surface area (Å²) in [6.07, 6.45) is 1.78. The second-order valence-electron chi connectivity index (χ2n) is 9.60. The molecule has 0 N–H and O–H groups in total. The molecule has 0 saturated carbocycles. The number of esters is 1. The molecule has 0 bridgehead atoms. The van der Waals surface area contributed by atoms with Crippen molar-refractivity contribution in [1.29, 1.82) is 0 Å². The first kappa shape index (κ1) is 29.8. The number of benzene rings is 3. The fourth-order valence-corrected chi connectivity index (χ4v) is 5.90. The SMILES string of the molecule is CCOC(=O)C1=C(C)N=c2s/c(=C/c3ccc(OCc4ccc(F)cc4)cc3)c(=O)n2[C@H]1c1cccc(OC)c1OCC. The summed E-state index contributed by atoms with van der Waals surface area (Å²) in [6.45, 7) is 6.15. The lowest BCUT2D eigenvalue weighted by molar-refractivity contribution is -0.139. The predicted molar refractivity (Wildman–Crippen MR) is 162 cm³/mol. The van der Waals surface area contributed by atoms with Crippen LogP contribution in [0.2, 0.25) is 0 Å². The number of hydrogen-bond acceptors (Lipinski definition) is 8. The van der Waals surface area contributed by atoms with Crippen molar-refractivity contribution in [2.24, 2.45) is 4.99 Å². The Morgan fingerprint density at radius 3 is 2.44 bits per heavy atom. The Balaban J connectivity index is 1.55. The second kappa shape index (κ2) is 13.1. The van der Waals surface area contributed by atoms with Crippen molar-refractivity contribution in [3.63, 3.8) is 0 Å². The summed E-state index contributed by atoms with van der Waals surface area (Å²) in [5, 5.41) is 0. The number of aromatic nitrogens is 1. The molecule has 0 saturated heterocycles. The van der Waals surface area contributed by atoms with Crippen LogP contribution in [0.3, 0.4) is 0 Å². The summed E-state index contributed by atoms with van der Waals surface area (Å²) < 4.78 is 37.9. The molecule has 0 radical (unpaired) electrons. The monoisotopic (exact) mass is 602 g/mol. The van der Waals surface area contributed by atoms with E-state index in [0.29, 0.717) is 51.1 Å². The van der Waals surface area contributed by atoms with Crippen molar-refractivity contribution in [2.75, 3.05) is 20.3 Å². The number of hydrogen-bond donors (Lipinski definition) is 0. The van der Waals surface area contributed by atoms with Gasteiger partial charge < -0.3 is 18.9 Å². The van der Waals surface area contributed by atoms with E-state index in [-0.39, 0.29) is 23.6 Å². The van der Waals surface area contributed by atoms with E-state index < -0.39 is 12.0 Å². The van der Waals surface area contributed by atoms with Crippen LogP contribution in [0.25, 0.3) is 6.08 Å². The minimum atomic E-state index is -0.837. The number of para-hydroxylation sites is 1. The molecular weight excluding hydrogens is 571 g/mol. The molecule has 0 spiro atoms. The number of nitrogens with zero attached hydrogens (tertiary/aromatic N) is 2. The molecule has 1 aliphatic heterocycles. The van der Waals surface area contributed by atoms with Gasteiger partial charge in [0, 0.05) is 5.56 Å². The molecule has 1 aliphatic rings. The Bertz CT molecular complexity index is 1840. The third kappa shape index (κ3) is 6.24. The number of carbonyl (C=O) groups is 1. The lowest BCUT2D eigenvalue weighted by Crippen LogP contribution is -2.40. The van der Waals surface area contributed by atoms with Crippen LogP contribution in [0.5, 0.6) is 17.2 Å². The molecule has 0 fully saturated rings. The average Bonchev–Trinajstić information content (AvgIpc) is 3.31. The molecule has 8 nitrogen and oxygen atoms in total. The van der Waals surface area contributed by atoms with Gasteiger partial charge in [0.15, 0.2) is 16.3 Å². The van der Waals surface area contributed by atoms with Crippen LogP contribution in [-0.2, 0) is 16.1 Å². The van der Waals surface area contributed by atoms with Gasteiger partial charge in [0.05, 0.1) is 36.1 Å². The summed E-state index contributed by atoms with van der Waals surface area (Å²) in [4.78, 5) is 32.4. The topological polar surface area (TPSA) is 88.4 Å². The normalized spacial score (nSPS) is 14.6. The predicted octanol–water partition coefficient (Wildman–Crippen LogP) is 4.92. The Labute approximate surface area is 252 Å². The number of rotatable bonds is 10. The van der Waals surface area contributed by atoms with Crippen LogP contribution in [0, 0.1) is 5.82 Å². The van der Waals surface area contributed by atoms with E-state index in [0.717, 1.165) is 11.1 Å². The van der Waals surface area contributed by atoms with E-state index in [2.05, 4.69) is 4.99 Å². The summed E-state index contributed by atoms with van der Waals surface area (Å²) in [5.74, 6) is 0.722. The Hall–Kier alpha value is -4.70. The fraction of sp³-hybridized carbons (Fsp3) is 0.242. The Kier molecular flexibility index (Phi) is 9.06. The van der Waals surface area contributed by atoms with Crippen LogP contribution >= 0.6 is 11.3 Å². The largest absolute Gasteiger partial charge is 0.493 e. The van der Waals surface area contributed by atoms with Crippen molar-refractivity contribution in [2.45, 2.75) is 33.4 Å². The van der Waals surface area contributed by atoms with Crippen LogP contribution in [0.4, 0.5) is 4.39 Å². The summed E-state index contributed by atoms with van der Waals surface area (Å²) in [6, 6.07) is 18.0. The van der Waals surface area contributed by atoms with E-state index in [1.165, 1.54) is 28.0 Å². The molecule has 2 heterocycles. The second-order valence-corrected chi connectivity index (χ2v) is 10.6. The lowest BCUT2D eigenvalue weighted by Gasteiger charge is -2.26. The van der Waals surface area contributed by atoms with Gasteiger partial charge in [-0.2, -0.15) is 0 Å². The van der Waals surface area contributed by atoms with Crippen molar-refractivity contribution in [3.8, 4) is 17.2 Å². The zero-order chi connectivity index (χ0) is 30.5. The number of allylic oxidation sites excluding steroid dienone is 1. The molecule has 0 amide bonds. The zero-order valence-corrected chi connectivity index (χ0v) is 25.1. The molecule has 1 atom stereocenters. The van der Waals surface area contributed by atoms with Crippen molar-refractivity contribution >= 4 is 23.4 Å². The molecule has 0 aliphatic carbocycles. The van der Waals surface area contributed by atoms with Gasteiger partial charge in [-0.1, -0.05) is 47.7 Å². The van der Waals surface area contributed by atoms with Crippen molar-refractivity contribution in [3.05, 3.63) is 120 Å². The average molecular weight is 603 g/mol. The van der Waals surface area contributed by atoms with E-state index in [9.17, 15) is 14.0 Å². The number of thiazole rings is 1. The standard InChI is InChI=1S/C33H31FN2O6S/c1-5-40-30-25(8-7-9-26(30)39-4)29-28(32(38)41-6-2)20(3)35-33-36(29)31(37)27(43-33)18-21-12-16-24(17-13-21)42-19-22-10-14-23(34)15-11-22/h7-18,29H,5-6,19H2,1-4H3/b27-18+/t29-/m0/s1. The molecule has 5 rings (SSSR count). The van der Waals surface area contributed by atoms with Gasteiger partial charge in [-0.25, -0.2) is 14.2 Å². The summed E-state index contributed by atoms with van der Waals surface area (Å²) in [7, 11) is 1.54. The van der Waals surface area contributed by atoms with E-state index in [1.54, 1.807) is 51.3 Å². The van der Waals surface area contributed by atoms with Crippen LogP contribution in [0.15, 0.2) is 87.8 Å². The number of methoxy groups -OCH3 is 1. The van der Waals surface area contributed by atoms with Crippen LogP contribution in [0.1, 0.15) is 43.5 Å².